The fraction of sp³-hybridized carbons (Fsp3) is 0.467. The molecule has 1 fully saturated rings. The van der Waals surface area contributed by atoms with Crippen molar-refractivity contribution in [2.45, 2.75) is 25.0 Å². The van der Waals surface area contributed by atoms with Crippen molar-refractivity contribution >= 4 is 11.8 Å². The normalized spacial score (nSPS) is 24.6. The summed E-state index contributed by atoms with van der Waals surface area (Å²) < 4.78 is 5.29. The molecule has 114 valence electrons. The molecule has 2 atom stereocenters. The van der Waals surface area contributed by atoms with Gasteiger partial charge in [-0.15, -0.1) is 0 Å². The average molecular weight is 292 g/mol. The van der Waals surface area contributed by atoms with E-state index in [2.05, 4.69) is 10.6 Å². The average Bonchev–Trinajstić information content (AvgIpc) is 2.83. The van der Waals surface area contributed by atoms with Crippen LogP contribution in [0.5, 0.6) is 0 Å². The zero-order chi connectivity index (χ0) is 15.3. The summed E-state index contributed by atoms with van der Waals surface area (Å²) in [6.07, 6.45) is 0.182. The van der Waals surface area contributed by atoms with E-state index in [4.69, 9.17) is 4.74 Å². The Balaban J connectivity index is 1.74. The van der Waals surface area contributed by atoms with Gasteiger partial charge in [-0.2, -0.15) is 0 Å². The Morgan fingerprint density at radius 3 is 2.67 bits per heavy atom. The number of rotatable bonds is 5. The highest BCUT2D eigenvalue weighted by molar-refractivity contribution is 5.96. The highest BCUT2D eigenvalue weighted by Gasteiger charge is 2.39. The van der Waals surface area contributed by atoms with Crippen molar-refractivity contribution in [2.24, 2.45) is 0 Å². The maximum absolute atomic E-state index is 11.8. The molecule has 0 saturated carbocycles. The van der Waals surface area contributed by atoms with E-state index in [1.165, 1.54) is 0 Å². The van der Waals surface area contributed by atoms with Gasteiger partial charge in [0.2, 0.25) is 5.91 Å². The zero-order valence-electron chi connectivity index (χ0n) is 12.0. The Hall–Kier alpha value is -1.92. The molecule has 2 unspecified atom stereocenters. The van der Waals surface area contributed by atoms with E-state index in [0.29, 0.717) is 18.6 Å². The van der Waals surface area contributed by atoms with Crippen LogP contribution in [-0.2, 0) is 9.53 Å². The lowest BCUT2D eigenvalue weighted by atomic mass is 9.97. The number of ether oxygens (including phenoxy) is 1. The maximum atomic E-state index is 11.8. The first-order valence-corrected chi connectivity index (χ1v) is 6.95. The highest BCUT2D eigenvalue weighted by atomic mass is 16.5. The first-order valence-electron chi connectivity index (χ1n) is 6.95. The van der Waals surface area contributed by atoms with Crippen molar-refractivity contribution < 1.29 is 19.4 Å². The second kappa shape index (κ2) is 6.69. The molecule has 1 saturated heterocycles. The third-order valence-corrected chi connectivity index (χ3v) is 3.70. The molecular weight excluding hydrogens is 272 g/mol. The molecule has 0 spiro atoms. The maximum Gasteiger partial charge on any atom is 0.251 e. The van der Waals surface area contributed by atoms with Gasteiger partial charge in [0.05, 0.1) is 12.6 Å². The molecule has 0 aromatic heterocycles. The number of hydrogen-bond acceptors (Lipinski definition) is 4. The van der Waals surface area contributed by atoms with Crippen LogP contribution in [-0.4, -0.2) is 48.3 Å². The quantitative estimate of drug-likeness (QED) is 0.717. The molecule has 0 aliphatic carbocycles. The third kappa shape index (κ3) is 4.03. The Bertz CT molecular complexity index is 506. The molecule has 0 radical (unpaired) electrons. The minimum Gasteiger partial charge on any atom is -0.385 e. The molecule has 6 heteroatoms. The van der Waals surface area contributed by atoms with Crippen molar-refractivity contribution in [1.29, 1.82) is 0 Å². The molecule has 2 rings (SSSR count). The largest absolute Gasteiger partial charge is 0.385 e. The Labute approximate surface area is 123 Å². The smallest absolute Gasteiger partial charge is 0.251 e. The molecule has 2 amide bonds. The third-order valence-electron chi connectivity index (χ3n) is 3.70. The van der Waals surface area contributed by atoms with Crippen LogP contribution in [0.2, 0.25) is 0 Å². The number of hydrogen-bond donors (Lipinski definition) is 3. The molecule has 3 N–H and O–H groups in total. The van der Waals surface area contributed by atoms with E-state index < -0.39 is 5.60 Å². The van der Waals surface area contributed by atoms with Gasteiger partial charge < -0.3 is 20.5 Å². The summed E-state index contributed by atoms with van der Waals surface area (Å²) in [6.45, 7) is 2.25. The lowest BCUT2D eigenvalue weighted by Gasteiger charge is -2.26. The SMILES string of the molecule is CC1OCCC1(O)CNC(=O)CNC(=O)c1ccccc1. The molecule has 1 aromatic carbocycles. The summed E-state index contributed by atoms with van der Waals surface area (Å²) in [7, 11) is 0. The minimum absolute atomic E-state index is 0.119. The minimum atomic E-state index is -1.03. The summed E-state index contributed by atoms with van der Waals surface area (Å²) in [4.78, 5) is 23.5. The van der Waals surface area contributed by atoms with Crippen LogP contribution in [0, 0.1) is 0 Å². The van der Waals surface area contributed by atoms with Crippen LogP contribution >= 0.6 is 0 Å². The molecule has 1 aliphatic rings. The van der Waals surface area contributed by atoms with Gasteiger partial charge in [0.15, 0.2) is 0 Å². The first-order chi connectivity index (χ1) is 10.0. The van der Waals surface area contributed by atoms with Gasteiger partial charge in [0.25, 0.3) is 5.91 Å². The molecule has 21 heavy (non-hydrogen) atoms. The fourth-order valence-corrected chi connectivity index (χ4v) is 2.17. The van der Waals surface area contributed by atoms with E-state index in [9.17, 15) is 14.7 Å². The molecule has 1 heterocycles. The van der Waals surface area contributed by atoms with Crippen molar-refractivity contribution in [2.75, 3.05) is 19.7 Å². The van der Waals surface area contributed by atoms with Crippen LogP contribution in [0.1, 0.15) is 23.7 Å². The van der Waals surface area contributed by atoms with Crippen molar-refractivity contribution in [3.05, 3.63) is 35.9 Å². The van der Waals surface area contributed by atoms with Gasteiger partial charge in [-0.25, -0.2) is 0 Å². The zero-order valence-corrected chi connectivity index (χ0v) is 12.0. The van der Waals surface area contributed by atoms with Crippen molar-refractivity contribution in [3.63, 3.8) is 0 Å². The predicted molar refractivity (Wildman–Crippen MR) is 76.8 cm³/mol. The van der Waals surface area contributed by atoms with Gasteiger partial charge >= 0.3 is 0 Å². The number of amides is 2. The number of nitrogens with one attached hydrogen (secondary N) is 2. The Morgan fingerprint density at radius 1 is 1.33 bits per heavy atom. The van der Waals surface area contributed by atoms with Crippen LogP contribution in [0.3, 0.4) is 0 Å². The van der Waals surface area contributed by atoms with E-state index in [-0.39, 0.29) is 31.0 Å². The van der Waals surface area contributed by atoms with E-state index in [0.717, 1.165) is 0 Å². The molecular formula is C15H20N2O4. The Kier molecular flexibility index (Phi) is 4.93. The summed E-state index contributed by atoms with van der Waals surface area (Å²) in [5.74, 6) is -0.645. The molecule has 0 bridgehead atoms. The van der Waals surface area contributed by atoms with Gasteiger partial charge in [0.1, 0.15) is 5.60 Å². The summed E-state index contributed by atoms with van der Waals surface area (Å²) in [6, 6.07) is 8.67. The number of carbonyl (C=O) groups is 2. The van der Waals surface area contributed by atoms with Gasteiger partial charge in [-0.05, 0) is 19.1 Å². The monoisotopic (exact) mass is 292 g/mol. The van der Waals surface area contributed by atoms with Crippen LogP contribution in [0.25, 0.3) is 0 Å². The lowest BCUT2D eigenvalue weighted by Crippen LogP contribution is -2.49. The van der Waals surface area contributed by atoms with E-state index >= 15 is 0 Å². The number of carbonyl (C=O) groups excluding carboxylic acids is 2. The molecule has 1 aliphatic heterocycles. The van der Waals surface area contributed by atoms with Gasteiger partial charge in [-0.1, -0.05) is 18.2 Å². The Morgan fingerprint density at radius 2 is 2.05 bits per heavy atom. The number of benzene rings is 1. The molecule has 1 aromatic rings. The fourth-order valence-electron chi connectivity index (χ4n) is 2.17. The summed E-state index contributed by atoms with van der Waals surface area (Å²) in [5.41, 5.74) is -0.527. The predicted octanol–water partition coefficient (Wildman–Crippen LogP) is 0.0725. The second-order valence-corrected chi connectivity index (χ2v) is 5.19. The van der Waals surface area contributed by atoms with E-state index in [1.807, 2.05) is 6.07 Å². The number of aliphatic hydroxyl groups is 1. The highest BCUT2D eigenvalue weighted by Crippen LogP contribution is 2.24. The molecule has 6 nitrogen and oxygen atoms in total. The van der Waals surface area contributed by atoms with Crippen molar-refractivity contribution in [3.8, 4) is 0 Å². The standard InChI is InChI=1S/C15H20N2O4/c1-11-15(20,7-8-21-11)10-17-13(18)9-16-14(19)12-5-3-2-4-6-12/h2-6,11,20H,7-10H2,1H3,(H,16,19)(H,17,18). The van der Waals surface area contributed by atoms with Crippen LogP contribution in [0.15, 0.2) is 30.3 Å². The van der Waals surface area contributed by atoms with Crippen LogP contribution < -0.4 is 10.6 Å². The van der Waals surface area contributed by atoms with Gasteiger partial charge in [0, 0.05) is 25.1 Å². The van der Waals surface area contributed by atoms with Crippen molar-refractivity contribution in [1.82, 2.24) is 10.6 Å². The van der Waals surface area contributed by atoms with E-state index in [1.54, 1.807) is 31.2 Å². The second-order valence-electron chi connectivity index (χ2n) is 5.19. The lowest BCUT2D eigenvalue weighted by molar-refractivity contribution is -0.122. The van der Waals surface area contributed by atoms with Gasteiger partial charge in [-0.3, -0.25) is 9.59 Å². The summed E-state index contributed by atoms with van der Waals surface area (Å²) >= 11 is 0. The first kappa shape index (κ1) is 15.5. The topological polar surface area (TPSA) is 87.7 Å². The van der Waals surface area contributed by atoms with Crippen LogP contribution in [0.4, 0.5) is 0 Å². The summed E-state index contributed by atoms with van der Waals surface area (Å²) in [5, 5.41) is 15.4.